The van der Waals surface area contributed by atoms with E-state index in [1.807, 2.05) is 10.6 Å². The first kappa shape index (κ1) is 12.8. The molecule has 0 atom stereocenters. The number of aromatic amines is 1. The van der Waals surface area contributed by atoms with Crippen LogP contribution < -0.4 is 4.74 Å². The van der Waals surface area contributed by atoms with Gasteiger partial charge in [0, 0.05) is 11.7 Å². The van der Waals surface area contributed by atoms with Crippen molar-refractivity contribution in [1.82, 2.24) is 19.7 Å². The summed E-state index contributed by atoms with van der Waals surface area (Å²) in [7, 11) is 1.61. The predicted octanol–water partition coefficient (Wildman–Crippen LogP) is 2.77. The van der Waals surface area contributed by atoms with Crippen molar-refractivity contribution in [2.75, 3.05) is 7.11 Å². The lowest BCUT2D eigenvalue weighted by molar-refractivity contribution is 0.391. The predicted molar refractivity (Wildman–Crippen MR) is 72.2 cm³/mol. The van der Waals surface area contributed by atoms with Gasteiger partial charge in [-0.3, -0.25) is 14.6 Å². The van der Waals surface area contributed by atoms with Gasteiger partial charge in [0.25, 0.3) is 0 Å². The zero-order valence-corrected chi connectivity index (χ0v) is 11.7. The van der Waals surface area contributed by atoms with Gasteiger partial charge in [-0.2, -0.15) is 5.10 Å². The van der Waals surface area contributed by atoms with Gasteiger partial charge < -0.3 is 4.74 Å². The molecule has 2 rings (SSSR count). The summed E-state index contributed by atoms with van der Waals surface area (Å²) in [4.78, 5) is 4.04. The molecule has 0 fully saturated rings. The van der Waals surface area contributed by atoms with Gasteiger partial charge in [-0.05, 0) is 39.1 Å². The van der Waals surface area contributed by atoms with E-state index in [4.69, 9.17) is 17.0 Å². The molecule has 0 saturated heterocycles. The molecule has 0 saturated carbocycles. The molecule has 2 heterocycles. The van der Waals surface area contributed by atoms with Crippen molar-refractivity contribution in [2.45, 2.75) is 26.3 Å². The second-order valence-electron chi connectivity index (χ2n) is 4.93. The van der Waals surface area contributed by atoms with Crippen LogP contribution in [-0.4, -0.2) is 26.9 Å². The third kappa shape index (κ3) is 2.15. The van der Waals surface area contributed by atoms with E-state index in [2.05, 4.69) is 36.0 Å². The van der Waals surface area contributed by atoms with Crippen LogP contribution in [0.2, 0.25) is 0 Å². The Morgan fingerprint density at radius 3 is 2.72 bits per heavy atom. The molecule has 1 N–H and O–H groups in total. The van der Waals surface area contributed by atoms with Gasteiger partial charge in [0.15, 0.2) is 10.6 Å². The van der Waals surface area contributed by atoms with Gasteiger partial charge in [0.1, 0.15) is 5.75 Å². The molecule has 0 bridgehead atoms. The van der Waals surface area contributed by atoms with Crippen molar-refractivity contribution < 1.29 is 4.74 Å². The highest BCUT2D eigenvalue weighted by Crippen LogP contribution is 2.30. The highest BCUT2D eigenvalue weighted by molar-refractivity contribution is 7.71. The number of nitrogens with zero attached hydrogens (tertiary/aromatic N) is 3. The second-order valence-corrected chi connectivity index (χ2v) is 5.32. The Balaban J connectivity index is 2.69. The number of aromatic nitrogens is 4. The van der Waals surface area contributed by atoms with Gasteiger partial charge in [-0.1, -0.05) is 0 Å². The van der Waals surface area contributed by atoms with Gasteiger partial charge >= 0.3 is 0 Å². The van der Waals surface area contributed by atoms with Crippen molar-refractivity contribution >= 4 is 12.2 Å². The first-order chi connectivity index (χ1) is 8.45. The average Bonchev–Trinajstić information content (AvgIpc) is 2.70. The second kappa shape index (κ2) is 4.53. The van der Waals surface area contributed by atoms with Crippen molar-refractivity contribution in [3.63, 3.8) is 0 Å². The fourth-order valence-corrected chi connectivity index (χ4v) is 2.23. The van der Waals surface area contributed by atoms with Crippen LogP contribution in [-0.2, 0) is 5.54 Å². The topological polar surface area (TPSA) is 55.7 Å². The Labute approximate surface area is 111 Å². The summed E-state index contributed by atoms with van der Waals surface area (Å²) in [6, 6.07) is 1.87. The largest absolute Gasteiger partial charge is 0.494 e. The Morgan fingerprint density at radius 1 is 1.39 bits per heavy atom. The monoisotopic (exact) mass is 264 g/mol. The number of ether oxygens (including phenoxy) is 1. The molecule has 0 aliphatic carbocycles. The van der Waals surface area contributed by atoms with E-state index in [1.54, 1.807) is 19.5 Å². The Kier molecular flexibility index (Phi) is 3.21. The first-order valence-electron chi connectivity index (χ1n) is 5.61. The summed E-state index contributed by atoms with van der Waals surface area (Å²) in [5.41, 5.74) is 0.711. The Hall–Kier alpha value is -1.69. The standard InChI is InChI=1S/C12H16N4OS/c1-12(2,3)16-10(14-15-11(16)18)8-5-6-13-7-9(8)17-4/h5-7H,1-4H3,(H,15,18). The molecule has 0 radical (unpaired) electrons. The summed E-state index contributed by atoms with van der Waals surface area (Å²) in [5, 5.41) is 7.13. The molecule has 0 unspecified atom stereocenters. The van der Waals surface area contributed by atoms with E-state index in [0.717, 1.165) is 11.4 Å². The van der Waals surface area contributed by atoms with Crippen LogP contribution in [0.25, 0.3) is 11.4 Å². The number of methoxy groups -OCH3 is 1. The molecule has 6 heteroatoms. The molecule has 96 valence electrons. The quantitative estimate of drug-likeness (QED) is 0.847. The van der Waals surface area contributed by atoms with Crippen LogP contribution in [0.5, 0.6) is 5.75 Å². The fraction of sp³-hybridized carbons (Fsp3) is 0.417. The van der Waals surface area contributed by atoms with Crippen molar-refractivity contribution in [3.05, 3.63) is 23.2 Å². The molecule has 0 aromatic carbocycles. The lowest BCUT2D eigenvalue weighted by Gasteiger charge is -2.22. The minimum Gasteiger partial charge on any atom is -0.494 e. The van der Waals surface area contributed by atoms with Crippen LogP contribution in [0.4, 0.5) is 0 Å². The molecule has 18 heavy (non-hydrogen) atoms. The van der Waals surface area contributed by atoms with Crippen LogP contribution >= 0.6 is 12.2 Å². The lowest BCUT2D eigenvalue weighted by Crippen LogP contribution is -2.23. The molecule has 2 aromatic heterocycles. The maximum Gasteiger partial charge on any atom is 0.195 e. The summed E-state index contributed by atoms with van der Waals surface area (Å²) in [6.07, 6.45) is 3.38. The minimum absolute atomic E-state index is 0.159. The van der Waals surface area contributed by atoms with E-state index in [1.165, 1.54) is 0 Å². The smallest absolute Gasteiger partial charge is 0.195 e. The minimum atomic E-state index is -0.159. The molecular weight excluding hydrogens is 248 g/mol. The van der Waals surface area contributed by atoms with Crippen molar-refractivity contribution in [3.8, 4) is 17.1 Å². The zero-order chi connectivity index (χ0) is 13.3. The van der Waals surface area contributed by atoms with Crippen LogP contribution in [0.1, 0.15) is 20.8 Å². The van der Waals surface area contributed by atoms with Crippen LogP contribution in [0.3, 0.4) is 0 Å². The van der Waals surface area contributed by atoms with E-state index >= 15 is 0 Å². The molecule has 0 aliphatic rings. The van der Waals surface area contributed by atoms with Gasteiger partial charge in [0.05, 0.1) is 18.9 Å². The van der Waals surface area contributed by atoms with E-state index < -0.39 is 0 Å². The Morgan fingerprint density at radius 2 is 2.11 bits per heavy atom. The highest BCUT2D eigenvalue weighted by Gasteiger charge is 2.22. The van der Waals surface area contributed by atoms with Crippen LogP contribution in [0.15, 0.2) is 18.5 Å². The summed E-state index contributed by atoms with van der Waals surface area (Å²) < 4.78 is 7.88. The van der Waals surface area contributed by atoms with Crippen molar-refractivity contribution in [1.29, 1.82) is 0 Å². The SMILES string of the molecule is COc1cnccc1-c1n[nH]c(=S)n1C(C)(C)C. The van der Waals surface area contributed by atoms with Gasteiger partial charge in [0.2, 0.25) is 0 Å². The lowest BCUT2D eigenvalue weighted by atomic mass is 10.1. The molecule has 0 spiro atoms. The van der Waals surface area contributed by atoms with E-state index in [9.17, 15) is 0 Å². The third-order valence-electron chi connectivity index (χ3n) is 2.59. The number of pyridine rings is 1. The molecule has 0 amide bonds. The summed E-state index contributed by atoms with van der Waals surface area (Å²) in [6.45, 7) is 6.24. The molecule has 5 nitrogen and oxygen atoms in total. The number of hydrogen-bond donors (Lipinski definition) is 1. The maximum absolute atomic E-state index is 5.31. The number of H-pyrrole nitrogens is 1. The van der Waals surface area contributed by atoms with Crippen LogP contribution in [0, 0.1) is 4.77 Å². The molecule has 0 aliphatic heterocycles. The normalized spacial score (nSPS) is 11.6. The van der Waals surface area contributed by atoms with E-state index in [-0.39, 0.29) is 5.54 Å². The zero-order valence-electron chi connectivity index (χ0n) is 10.9. The number of nitrogens with one attached hydrogen (secondary N) is 1. The van der Waals surface area contributed by atoms with Gasteiger partial charge in [-0.25, -0.2) is 0 Å². The third-order valence-corrected chi connectivity index (χ3v) is 2.86. The summed E-state index contributed by atoms with van der Waals surface area (Å²) in [5.74, 6) is 1.43. The maximum atomic E-state index is 5.31. The van der Waals surface area contributed by atoms with Crippen molar-refractivity contribution in [2.24, 2.45) is 0 Å². The first-order valence-corrected chi connectivity index (χ1v) is 6.02. The van der Waals surface area contributed by atoms with E-state index in [0.29, 0.717) is 10.5 Å². The highest BCUT2D eigenvalue weighted by atomic mass is 32.1. The fourth-order valence-electron chi connectivity index (χ4n) is 1.83. The molecular formula is C12H16N4OS. The summed E-state index contributed by atoms with van der Waals surface area (Å²) >= 11 is 5.29. The number of rotatable bonds is 2. The van der Waals surface area contributed by atoms with Gasteiger partial charge in [-0.15, -0.1) is 0 Å². The number of hydrogen-bond acceptors (Lipinski definition) is 4. The molecule has 2 aromatic rings. The Bertz CT molecular complexity index is 609. The average molecular weight is 264 g/mol.